The predicted molar refractivity (Wildman–Crippen MR) is 109 cm³/mol. The van der Waals surface area contributed by atoms with E-state index < -0.39 is 13.0 Å². The highest BCUT2D eigenvalue weighted by molar-refractivity contribution is 6.54. The topological polar surface area (TPSA) is 102 Å². The molecule has 0 radical (unpaired) electrons. The number of benzene rings is 1. The highest BCUT2D eigenvalue weighted by Crippen LogP contribution is 2.35. The van der Waals surface area contributed by atoms with Crippen molar-refractivity contribution in [3.8, 4) is 5.75 Å². The van der Waals surface area contributed by atoms with E-state index in [-0.39, 0.29) is 6.04 Å². The van der Waals surface area contributed by atoms with Crippen LogP contribution in [0.5, 0.6) is 5.75 Å². The second-order valence-electron chi connectivity index (χ2n) is 7.80. The first-order valence-corrected chi connectivity index (χ1v) is 9.75. The smallest absolute Gasteiger partial charge is 0.532 e. The molecule has 1 aromatic carbocycles. The van der Waals surface area contributed by atoms with Crippen LogP contribution in [0.25, 0.3) is 6.08 Å². The number of hydrogen-bond donors (Lipinski definition) is 3. The second kappa shape index (κ2) is 7.35. The number of carbonyl (C=O) groups is 1. The van der Waals surface area contributed by atoms with Crippen molar-refractivity contribution in [1.82, 2.24) is 9.78 Å². The number of nitrogens with zero attached hydrogens (tertiary/aromatic N) is 2. The van der Waals surface area contributed by atoms with Crippen molar-refractivity contribution in [3.63, 3.8) is 0 Å². The summed E-state index contributed by atoms with van der Waals surface area (Å²) in [5, 5.41) is 17.7. The molecule has 0 unspecified atom stereocenters. The molecule has 1 saturated carbocycles. The fourth-order valence-electron chi connectivity index (χ4n) is 4.04. The zero-order valence-electron chi connectivity index (χ0n) is 16.2. The van der Waals surface area contributed by atoms with E-state index in [0.717, 1.165) is 23.1 Å². The average molecular weight is 380 g/mol. The molecule has 1 aliphatic carbocycles. The Balaban J connectivity index is 1.63. The van der Waals surface area contributed by atoms with Crippen molar-refractivity contribution in [2.45, 2.75) is 45.6 Å². The van der Waals surface area contributed by atoms with Crippen LogP contribution in [0.15, 0.2) is 29.9 Å². The molecule has 2 aromatic rings. The van der Waals surface area contributed by atoms with Crippen LogP contribution < -0.4 is 15.7 Å². The minimum Gasteiger partial charge on any atom is -0.532 e. The maximum absolute atomic E-state index is 12.0. The van der Waals surface area contributed by atoms with E-state index in [4.69, 9.17) is 10.4 Å². The highest BCUT2D eigenvalue weighted by Gasteiger charge is 2.27. The third-order valence-corrected chi connectivity index (χ3v) is 5.69. The summed E-state index contributed by atoms with van der Waals surface area (Å²) >= 11 is 0. The number of nitrogens with one attached hydrogen (secondary N) is 1. The van der Waals surface area contributed by atoms with Crippen LogP contribution in [0.3, 0.4) is 0 Å². The van der Waals surface area contributed by atoms with Crippen molar-refractivity contribution in [2.24, 2.45) is 11.7 Å². The van der Waals surface area contributed by atoms with Gasteiger partial charge in [0.2, 0.25) is 0 Å². The molecule has 0 bridgehead atoms. The van der Waals surface area contributed by atoms with Crippen LogP contribution in [-0.4, -0.2) is 27.8 Å². The molecular formula is C20H25BN4O3. The quantitative estimate of drug-likeness (QED) is 0.707. The van der Waals surface area contributed by atoms with E-state index in [1.807, 2.05) is 29.8 Å². The largest absolute Gasteiger partial charge is 0.555 e. The molecule has 8 heteroatoms. The third-order valence-electron chi connectivity index (χ3n) is 5.69. The Morgan fingerprint density at radius 1 is 1.39 bits per heavy atom. The molecule has 1 fully saturated rings. The predicted octanol–water partition coefficient (Wildman–Crippen LogP) is 3.29. The lowest BCUT2D eigenvalue weighted by molar-refractivity contribution is 0.100. The number of aromatic nitrogens is 2. The number of amides is 1. The Morgan fingerprint density at radius 2 is 2.18 bits per heavy atom. The molecule has 4 rings (SSSR count). The van der Waals surface area contributed by atoms with Crippen molar-refractivity contribution in [3.05, 3.63) is 41.0 Å². The van der Waals surface area contributed by atoms with Gasteiger partial charge in [0.15, 0.2) is 5.82 Å². The molecule has 1 amide bonds. The molecule has 0 spiro atoms. The minimum atomic E-state index is -0.916. The monoisotopic (exact) mass is 380 g/mol. The molecule has 146 valence electrons. The average Bonchev–Trinajstić information content (AvgIpc) is 3.07. The van der Waals surface area contributed by atoms with Crippen LogP contribution in [0.4, 0.5) is 11.5 Å². The summed E-state index contributed by atoms with van der Waals surface area (Å²) in [6.07, 6.45) is 8.28. The van der Waals surface area contributed by atoms with Gasteiger partial charge in [-0.25, -0.2) is 0 Å². The highest BCUT2D eigenvalue weighted by atomic mass is 16.5. The first-order chi connectivity index (χ1) is 13.4. The molecule has 0 saturated heterocycles. The molecule has 2 atom stereocenters. The normalized spacial score (nSPS) is 21.5. The molecule has 1 aliphatic heterocycles. The van der Waals surface area contributed by atoms with Gasteiger partial charge in [0.1, 0.15) is 11.3 Å². The van der Waals surface area contributed by atoms with E-state index in [1.165, 1.54) is 19.3 Å². The van der Waals surface area contributed by atoms with Crippen LogP contribution in [0.2, 0.25) is 0 Å². The van der Waals surface area contributed by atoms with E-state index in [0.29, 0.717) is 23.0 Å². The van der Waals surface area contributed by atoms with Gasteiger partial charge in [-0.15, -0.1) is 0 Å². The maximum atomic E-state index is 12.0. The molecule has 1 aromatic heterocycles. The fourth-order valence-corrected chi connectivity index (χ4v) is 4.04. The number of allylic oxidation sites excluding steroid dienone is 1. The summed E-state index contributed by atoms with van der Waals surface area (Å²) in [5.74, 6) is 1.09. The molecule has 2 heterocycles. The first kappa shape index (κ1) is 18.6. The number of nitrogens with two attached hydrogens (primary N) is 1. The lowest BCUT2D eigenvalue weighted by Crippen LogP contribution is -2.26. The fraction of sp³-hybridized carbons (Fsp3) is 0.400. The molecule has 2 aliphatic rings. The lowest BCUT2D eigenvalue weighted by Gasteiger charge is -2.28. The lowest BCUT2D eigenvalue weighted by atomic mass is 9.76. The number of fused-ring (bicyclic) bond motifs is 1. The standard InChI is InChI=1S/C20H25BN4O3/c1-12-5-3-4-6-17(12)25-11-16(19(22)26)20(24-25)23-15-7-8-18-14(10-15)9-13(2)21(27)28-18/h7-12,17,27H,3-6H2,1-2H3,(H2,22,26)(H,23,24)/t12-,17-/m0/s1. The summed E-state index contributed by atoms with van der Waals surface area (Å²) in [5.41, 5.74) is 8.34. The van der Waals surface area contributed by atoms with Gasteiger partial charge < -0.3 is 20.7 Å². The van der Waals surface area contributed by atoms with Crippen LogP contribution >= 0.6 is 0 Å². The Labute approximate surface area is 164 Å². The summed E-state index contributed by atoms with van der Waals surface area (Å²) in [7, 11) is -0.916. The van der Waals surface area contributed by atoms with E-state index in [1.54, 1.807) is 12.3 Å². The Morgan fingerprint density at radius 3 is 2.93 bits per heavy atom. The van der Waals surface area contributed by atoms with E-state index >= 15 is 0 Å². The van der Waals surface area contributed by atoms with E-state index in [2.05, 4.69) is 17.3 Å². The molecule has 4 N–H and O–H groups in total. The van der Waals surface area contributed by atoms with Gasteiger partial charge in [-0.1, -0.05) is 25.8 Å². The SMILES string of the molecule is CC1=Cc2cc(Nc3nn([C@H]4CCCC[C@@H]4C)cc3C(N)=O)ccc2OB1O. The van der Waals surface area contributed by atoms with Crippen molar-refractivity contribution in [1.29, 1.82) is 0 Å². The van der Waals surface area contributed by atoms with Gasteiger partial charge >= 0.3 is 7.12 Å². The van der Waals surface area contributed by atoms with Crippen LogP contribution in [0.1, 0.15) is 61.5 Å². The Hall–Kier alpha value is -2.74. The number of hydrogen-bond acceptors (Lipinski definition) is 5. The van der Waals surface area contributed by atoms with Crippen molar-refractivity contribution < 1.29 is 14.5 Å². The number of primary amides is 1. The number of carbonyl (C=O) groups excluding carboxylic acids is 1. The zero-order valence-corrected chi connectivity index (χ0v) is 16.2. The molecule has 28 heavy (non-hydrogen) atoms. The molecular weight excluding hydrogens is 355 g/mol. The van der Waals surface area contributed by atoms with Gasteiger partial charge in [-0.3, -0.25) is 9.48 Å². The third kappa shape index (κ3) is 3.52. The van der Waals surface area contributed by atoms with Gasteiger partial charge in [-0.05, 0) is 49.4 Å². The van der Waals surface area contributed by atoms with Crippen molar-refractivity contribution in [2.75, 3.05) is 5.32 Å². The second-order valence-corrected chi connectivity index (χ2v) is 7.80. The van der Waals surface area contributed by atoms with Gasteiger partial charge in [-0.2, -0.15) is 5.10 Å². The van der Waals surface area contributed by atoms with Crippen molar-refractivity contribution >= 4 is 30.6 Å². The van der Waals surface area contributed by atoms with Gasteiger partial charge in [0.05, 0.1) is 6.04 Å². The van der Waals surface area contributed by atoms with E-state index in [9.17, 15) is 9.82 Å². The summed E-state index contributed by atoms with van der Waals surface area (Å²) in [6.45, 7) is 4.04. The van der Waals surface area contributed by atoms with Crippen LogP contribution in [0, 0.1) is 5.92 Å². The number of rotatable bonds is 4. The first-order valence-electron chi connectivity index (χ1n) is 9.75. The van der Waals surface area contributed by atoms with Crippen LogP contribution in [-0.2, 0) is 0 Å². The number of anilines is 2. The Kier molecular flexibility index (Phi) is 4.89. The summed E-state index contributed by atoms with van der Waals surface area (Å²) in [4.78, 5) is 12.0. The summed E-state index contributed by atoms with van der Waals surface area (Å²) in [6, 6.07) is 5.80. The zero-order chi connectivity index (χ0) is 19.8. The summed E-state index contributed by atoms with van der Waals surface area (Å²) < 4.78 is 7.37. The molecule has 7 nitrogen and oxygen atoms in total. The Bertz CT molecular complexity index is 940. The maximum Gasteiger partial charge on any atom is 0.555 e. The minimum absolute atomic E-state index is 0.284. The van der Waals surface area contributed by atoms with Gasteiger partial charge in [0.25, 0.3) is 5.91 Å². The van der Waals surface area contributed by atoms with Gasteiger partial charge in [0, 0.05) is 17.4 Å².